The van der Waals surface area contributed by atoms with Crippen molar-refractivity contribution in [1.29, 1.82) is 0 Å². The van der Waals surface area contributed by atoms with Crippen LogP contribution in [0.25, 0.3) is 0 Å². The largest absolute Gasteiger partial charge is 0.301 e. The third-order valence-corrected chi connectivity index (χ3v) is 1.76. The van der Waals surface area contributed by atoms with Crippen LogP contribution in [0, 0.1) is 0 Å². The molecule has 0 fully saturated rings. The topological polar surface area (TPSA) is 46.5 Å². The molecule has 5 heteroatoms. The quantitative estimate of drug-likeness (QED) is 0.331. The predicted molar refractivity (Wildman–Crippen MR) is 36.1 cm³/mol. The molecule has 0 bridgehead atoms. The van der Waals surface area contributed by atoms with Gasteiger partial charge in [-0.2, -0.15) is 4.21 Å². The maximum Gasteiger partial charge on any atom is 0.301 e. The normalized spacial score (nSPS) is 14.1. The molecule has 8 heavy (non-hydrogen) atoms. The predicted octanol–water partition coefficient (Wildman–Crippen LogP) is -0.686. The first-order valence-electron chi connectivity index (χ1n) is 2.51. The average molecular weight is 154 g/mol. The van der Waals surface area contributed by atoms with Crippen molar-refractivity contribution in [2.75, 3.05) is 6.61 Å². The van der Waals surface area contributed by atoms with Gasteiger partial charge in [-0.25, -0.2) is 0 Å². The van der Waals surface area contributed by atoms with E-state index in [1.807, 2.05) is 0 Å². The van der Waals surface area contributed by atoms with Crippen LogP contribution in [-0.2, 0) is 15.5 Å². The van der Waals surface area contributed by atoms with Gasteiger partial charge >= 0.3 is 11.4 Å². The molecule has 0 aromatic rings. The lowest BCUT2D eigenvalue weighted by Crippen LogP contribution is -1.96. The van der Waals surface area contributed by atoms with Crippen LogP contribution < -0.4 is 0 Å². The zero-order chi connectivity index (χ0) is 6.41. The van der Waals surface area contributed by atoms with Crippen LogP contribution in [0.3, 0.4) is 0 Å². The molecule has 0 saturated carbocycles. The fourth-order valence-corrected chi connectivity index (χ4v) is 0.824. The fourth-order valence-electron chi connectivity index (χ4n) is 0.275. The van der Waals surface area contributed by atoms with Crippen LogP contribution in [0.1, 0.15) is 6.42 Å². The standard InChI is InChI=1S/C3H10O3SSi/c4-7(5)6-2-1-3-8/h1-3H2,8H3,(H,4,5). The molecule has 1 unspecified atom stereocenters. The molecule has 0 aromatic carbocycles. The molecule has 0 aliphatic carbocycles. The Morgan fingerprint density at radius 3 is 2.75 bits per heavy atom. The second kappa shape index (κ2) is 5.42. The molecule has 0 spiro atoms. The Labute approximate surface area is 54.3 Å². The highest BCUT2D eigenvalue weighted by molar-refractivity contribution is 7.74. The van der Waals surface area contributed by atoms with E-state index in [-0.39, 0.29) is 0 Å². The van der Waals surface area contributed by atoms with Crippen molar-refractivity contribution in [3.8, 4) is 0 Å². The molecule has 3 nitrogen and oxygen atoms in total. The minimum Gasteiger partial charge on any atom is -0.284 e. The van der Waals surface area contributed by atoms with Gasteiger partial charge in [0.25, 0.3) is 0 Å². The Morgan fingerprint density at radius 2 is 2.38 bits per heavy atom. The van der Waals surface area contributed by atoms with Gasteiger partial charge < -0.3 is 0 Å². The summed E-state index contributed by atoms with van der Waals surface area (Å²) >= 11 is -2.05. The highest BCUT2D eigenvalue weighted by Crippen LogP contribution is 1.86. The summed E-state index contributed by atoms with van der Waals surface area (Å²) in [6, 6.07) is 1.12. The second-order valence-corrected chi connectivity index (χ2v) is 3.06. The monoisotopic (exact) mass is 154 g/mol. The van der Waals surface area contributed by atoms with E-state index in [0.717, 1.165) is 22.7 Å². The molecule has 0 rings (SSSR count). The van der Waals surface area contributed by atoms with Crippen molar-refractivity contribution < 1.29 is 12.9 Å². The third-order valence-electron chi connectivity index (χ3n) is 0.682. The van der Waals surface area contributed by atoms with Crippen molar-refractivity contribution in [3.05, 3.63) is 0 Å². The van der Waals surface area contributed by atoms with E-state index in [1.165, 1.54) is 0 Å². The van der Waals surface area contributed by atoms with Gasteiger partial charge in [0.05, 0.1) is 6.61 Å². The lowest BCUT2D eigenvalue weighted by molar-refractivity contribution is 0.307. The summed E-state index contributed by atoms with van der Waals surface area (Å²) in [7, 11) is 1.14. The van der Waals surface area contributed by atoms with Crippen LogP contribution >= 0.6 is 0 Å². The average Bonchev–Trinajstić information content (AvgIpc) is 1.66. The summed E-state index contributed by atoms with van der Waals surface area (Å²) in [6.07, 6.45) is 0.901. The SMILES string of the molecule is O=S(O)OCCC[SiH3]. The maximum absolute atomic E-state index is 9.77. The molecule has 0 aliphatic rings. The summed E-state index contributed by atoms with van der Waals surface area (Å²) in [4.78, 5) is 0. The van der Waals surface area contributed by atoms with E-state index in [1.54, 1.807) is 0 Å². The summed E-state index contributed by atoms with van der Waals surface area (Å²) in [5, 5.41) is 0. The molecule has 1 N–H and O–H groups in total. The summed E-state index contributed by atoms with van der Waals surface area (Å²) in [5.74, 6) is 0. The lowest BCUT2D eigenvalue weighted by atomic mass is 10.5. The molecule has 0 saturated heterocycles. The molecular formula is C3H10O3SSi. The maximum atomic E-state index is 9.77. The Kier molecular flexibility index (Phi) is 5.62. The van der Waals surface area contributed by atoms with Gasteiger partial charge in [-0.3, -0.25) is 8.74 Å². The van der Waals surface area contributed by atoms with Crippen LogP contribution in [-0.4, -0.2) is 25.6 Å². The molecule has 50 valence electrons. The van der Waals surface area contributed by atoms with Crippen molar-refractivity contribution in [2.24, 2.45) is 0 Å². The van der Waals surface area contributed by atoms with E-state index in [2.05, 4.69) is 4.18 Å². The van der Waals surface area contributed by atoms with E-state index < -0.39 is 11.4 Å². The van der Waals surface area contributed by atoms with E-state index in [4.69, 9.17) is 4.55 Å². The first kappa shape index (κ1) is 8.29. The Balaban J connectivity index is 2.82. The fraction of sp³-hybridized carbons (Fsp3) is 1.00. The van der Waals surface area contributed by atoms with Gasteiger partial charge in [-0.15, -0.1) is 0 Å². The van der Waals surface area contributed by atoms with Crippen LogP contribution in [0.15, 0.2) is 0 Å². The zero-order valence-corrected chi connectivity index (χ0v) is 7.61. The summed E-state index contributed by atoms with van der Waals surface area (Å²) in [6.45, 7) is 0.409. The van der Waals surface area contributed by atoms with Gasteiger partial charge in [0, 0.05) is 10.2 Å². The van der Waals surface area contributed by atoms with Gasteiger partial charge in [-0.05, 0) is 6.42 Å². The minimum atomic E-state index is -2.05. The van der Waals surface area contributed by atoms with Crippen molar-refractivity contribution in [1.82, 2.24) is 0 Å². The molecule has 0 aromatic heterocycles. The number of hydrogen-bond donors (Lipinski definition) is 1. The third kappa shape index (κ3) is 6.29. The highest BCUT2D eigenvalue weighted by Gasteiger charge is 1.89. The van der Waals surface area contributed by atoms with E-state index >= 15 is 0 Å². The zero-order valence-electron chi connectivity index (χ0n) is 4.79. The molecule has 1 atom stereocenters. The minimum absolute atomic E-state index is 0.409. The lowest BCUT2D eigenvalue weighted by Gasteiger charge is -1.92. The number of rotatable bonds is 4. The van der Waals surface area contributed by atoms with Crippen LogP contribution in [0.2, 0.25) is 6.04 Å². The second-order valence-electron chi connectivity index (χ2n) is 1.39. The summed E-state index contributed by atoms with van der Waals surface area (Å²) < 4.78 is 22.1. The van der Waals surface area contributed by atoms with Crippen LogP contribution in [0.4, 0.5) is 0 Å². The Hall–Kier alpha value is 0.287. The first-order chi connectivity index (χ1) is 3.77. The Bertz CT molecular complexity index is 76.9. The molecule has 0 aliphatic heterocycles. The van der Waals surface area contributed by atoms with E-state index in [9.17, 15) is 4.21 Å². The smallest absolute Gasteiger partial charge is 0.284 e. The highest BCUT2D eigenvalue weighted by atomic mass is 32.2. The van der Waals surface area contributed by atoms with Gasteiger partial charge in [0.2, 0.25) is 0 Å². The van der Waals surface area contributed by atoms with Gasteiger partial charge in [-0.1, -0.05) is 6.04 Å². The van der Waals surface area contributed by atoms with Gasteiger partial charge in [0.1, 0.15) is 0 Å². The molecular weight excluding hydrogens is 144 g/mol. The van der Waals surface area contributed by atoms with Gasteiger partial charge in [0.15, 0.2) is 0 Å². The first-order valence-corrected chi connectivity index (χ1v) is 4.96. The van der Waals surface area contributed by atoms with Crippen LogP contribution in [0.5, 0.6) is 0 Å². The van der Waals surface area contributed by atoms with Crippen molar-refractivity contribution in [2.45, 2.75) is 12.5 Å². The van der Waals surface area contributed by atoms with Crippen molar-refractivity contribution >= 4 is 21.6 Å². The molecule has 0 amide bonds. The van der Waals surface area contributed by atoms with E-state index in [0.29, 0.717) is 6.61 Å². The number of hydrogen-bond acceptors (Lipinski definition) is 2. The summed E-state index contributed by atoms with van der Waals surface area (Å²) in [5.41, 5.74) is 0. The van der Waals surface area contributed by atoms with Crippen molar-refractivity contribution in [3.63, 3.8) is 0 Å². The molecule has 0 radical (unpaired) electrons. The molecule has 0 heterocycles. The Morgan fingerprint density at radius 1 is 1.75 bits per heavy atom.